The first-order chi connectivity index (χ1) is 9.58. The second-order valence-electron chi connectivity index (χ2n) is 4.92. The molecule has 3 rings (SSSR count). The van der Waals surface area contributed by atoms with E-state index in [1.807, 2.05) is 12.1 Å². The van der Waals surface area contributed by atoms with Gasteiger partial charge in [0.2, 0.25) is 0 Å². The van der Waals surface area contributed by atoms with Crippen molar-refractivity contribution in [2.24, 2.45) is 0 Å². The number of carbonyl (C=O) groups is 1. The highest BCUT2D eigenvalue weighted by Crippen LogP contribution is 2.37. The molecule has 104 valence electrons. The fourth-order valence-corrected chi connectivity index (χ4v) is 2.99. The van der Waals surface area contributed by atoms with E-state index in [2.05, 4.69) is 4.98 Å². The zero-order valence-corrected chi connectivity index (χ0v) is 11.8. The molecule has 6 heteroatoms. The van der Waals surface area contributed by atoms with E-state index in [-0.39, 0.29) is 11.6 Å². The van der Waals surface area contributed by atoms with Gasteiger partial charge < -0.3 is 5.11 Å². The van der Waals surface area contributed by atoms with Crippen LogP contribution in [0.1, 0.15) is 25.8 Å². The maximum atomic E-state index is 12.5. The quantitative estimate of drug-likeness (QED) is 0.691. The van der Waals surface area contributed by atoms with Gasteiger partial charge in [0.25, 0.3) is 5.56 Å². The molecule has 1 fully saturated rings. The summed E-state index contributed by atoms with van der Waals surface area (Å²) in [5.74, 6) is -0.903. The van der Waals surface area contributed by atoms with E-state index in [0.717, 1.165) is 24.6 Å². The van der Waals surface area contributed by atoms with Gasteiger partial charge in [-0.2, -0.15) is 0 Å². The molecular weight excluding hydrogens is 276 g/mol. The minimum atomic E-state index is -0.903. The Morgan fingerprint density at radius 1 is 1.45 bits per heavy atom. The Kier molecular flexibility index (Phi) is 3.25. The number of nitrogens with zero attached hydrogens (tertiary/aromatic N) is 2. The largest absolute Gasteiger partial charge is 0.480 e. The molecule has 1 heterocycles. The highest BCUT2D eigenvalue weighted by molar-refractivity contribution is 8.00. The molecule has 0 radical (unpaired) electrons. The van der Waals surface area contributed by atoms with Crippen molar-refractivity contribution >= 4 is 28.6 Å². The second-order valence-corrected chi connectivity index (χ2v) is 6.22. The van der Waals surface area contributed by atoms with Crippen LogP contribution in [0.4, 0.5) is 0 Å². The summed E-state index contributed by atoms with van der Waals surface area (Å²) in [7, 11) is 0. The number of hydrogen-bond acceptors (Lipinski definition) is 4. The van der Waals surface area contributed by atoms with Gasteiger partial charge in [0.1, 0.15) is 5.25 Å². The van der Waals surface area contributed by atoms with E-state index in [4.69, 9.17) is 5.11 Å². The third kappa shape index (κ3) is 2.31. The Morgan fingerprint density at radius 2 is 2.15 bits per heavy atom. The van der Waals surface area contributed by atoms with Crippen LogP contribution in [0.2, 0.25) is 0 Å². The zero-order chi connectivity index (χ0) is 14.3. The zero-order valence-electron chi connectivity index (χ0n) is 10.9. The Labute approximate surface area is 119 Å². The predicted molar refractivity (Wildman–Crippen MR) is 77.2 cm³/mol. The lowest BCUT2D eigenvalue weighted by atomic mass is 10.2. The van der Waals surface area contributed by atoms with Crippen LogP contribution in [-0.2, 0) is 4.79 Å². The molecule has 1 saturated carbocycles. The minimum Gasteiger partial charge on any atom is -0.480 e. The second kappa shape index (κ2) is 4.94. The van der Waals surface area contributed by atoms with Crippen molar-refractivity contribution < 1.29 is 9.90 Å². The lowest BCUT2D eigenvalue weighted by Gasteiger charge is -2.13. The van der Waals surface area contributed by atoms with Gasteiger partial charge in [-0.1, -0.05) is 23.9 Å². The average Bonchev–Trinajstić information content (AvgIpc) is 3.23. The van der Waals surface area contributed by atoms with Crippen molar-refractivity contribution in [3.05, 3.63) is 34.6 Å². The maximum Gasteiger partial charge on any atom is 0.316 e. The molecule has 2 aromatic rings. The van der Waals surface area contributed by atoms with E-state index in [0.29, 0.717) is 16.1 Å². The first kappa shape index (κ1) is 13.2. The smallest absolute Gasteiger partial charge is 0.316 e. The van der Waals surface area contributed by atoms with Gasteiger partial charge in [0.15, 0.2) is 5.16 Å². The highest BCUT2D eigenvalue weighted by atomic mass is 32.2. The van der Waals surface area contributed by atoms with Crippen LogP contribution >= 0.6 is 11.8 Å². The van der Waals surface area contributed by atoms with Crippen LogP contribution in [0.5, 0.6) is 0 Å². The molecular formula is C14H14N2O3S. The molecule has 0 bridgehead atoms. The first-order valence-corrected chi connectivity index (χ1v) is 7.36. The SMILES string of the molecule is C[C@H](Sc1nc2ccccc2c(=O)n1C1CC1)C(=O)O. The number of thioether (sulfide) groups is 1. The van der Waals surface area contributed by atoms with E-state index in [9.17, 15) is 9.59 Å². The molecule has 0 aliphatic heterocycles. The molecule has 0 unspecified atom stereocenters. The number of benzene rings is 1. The van der Waals surface area contributed by atoms with E-state index in [1.54, 1.807) is 23.6 Å². The Morgan fingerprint density at radius 3 is 2.80 bits per heavy atom. The number of carboxylic acids is 1. The lowest BCUT2D eigenvalue weighted by Crippen LogP contribution is -2.24. The van der Waals surface area contributed by atoms with Crippen LogP contribution in [0.15, 0.2) is 34.2 Å². The molecule has 0 saturated heterocycles. The van der Waals surface area contributed by atoms with Crippen LogP contribution in [0.25, 0.3) is 10.9 Å². The number of fused-ring (bicyclic) bond motifs is 1. The maximum absolute atomic E-state index is 12.5. The molecule has 1 aliphatic carbocycles. The number of rotatable bonds is 4. The molecule has 0 spiro atoms. The number of carboxylic acid groups (broad SMARTS) is 1. The van der Waals surface area contributed by atoms with Gasteiger partial charge in [0, 0.05) is 6.04 Å². The number of aliphatic carboxylic acids is 1. The van der Waals surface area contributed by atoms with E-state index < -0.39 is 11.2 Å². The van der Waals surface area contributed by atoms with Gasteiger partial charge >= 0.3 is 5.97 Å². The molecule has 1 aromatic carbocycles. The fourth-order valence-electron chi connectivity index (χ4n) is 2.07. The molecule has 1 atom stereocenters. The van der Waals surface area contributed by atoms with E-state index in [1.165, 1.54) is 0 Å². The van der Waals surface area contributed by atoms with Crippen LogP contribution in [0.3, 0.4) is 0 Å². The summed E-state index contributed by atoms with van der Waals surface area (Å²) < 4.78 is 1.66. The van der Waals surface area contributed by atoms with E-state index >= 15 is 0 Å². The van der Waals surface area contributed by atoms with Gasteiger partial charge in [-0.15, -0.1) is 0 Å². The Bertz CT molecular complexity index is 737. The highest BCUT2D eigenvalue weighted by Gasteiger charge is 2.29. The summed E-state index contributed by atoms with van der Waals surface area (Å²) in [4.78, 5) is 28.0. The van der Waals surface area contributed by atoms with Crippen LogP contribution in [-0.4, -0.2) is 25.9 Å². The van der Waals surface area contributed by atoms with Crippen molar-refractivity contribution in [1.29, 1.82) is 0 Å². The van der Waals surface area contributed by atoms with Crippen molar-refractivity contribution in [3.8, 4) is 0 Å². The number of aromatic nitrogens is 2. The number of para-hydroxylation sites is 1. The average molecular weight is 290 g/mol. The summed E-state index contributed by atoms with van der Waals surface area (Å²) >= 11 is 1.13. The minimum absolute atomic E-state index is 0.0711. The molecule has 1 aliphatic rings. The molecule has 5 nitrogen and oxygen atoms in total. The summed E-state index contributed by atoms with van der Waals surface area (Å²) in [6.45, 7) is 1.60. The third-order valence-corrected chi connectivity index (χ3v) is 4.37. The number of hydrogen-bond donors (Lipinski definition) is 1. The third-order valence-electron chi connectivity index (χ3n) is 3.32. The Hall–Kier alpha value is -1.82. The summed E-state index contributed by atoms with van der Waals surface area (Å²) in [6, 6.07) is 7.35. The van der Waals surface area contributed by atoms with Crippen LogP contribution < -0.4 is 5.56 Å². The van der Waals surface area contributed by atoms with Crippen LogP contribution in [0, 0.1) is 0 Å². The van der Waals surface area contributed by atoms with Gasteiger partial charge in [-0.25, -0.2) is 4.98 Å². The van der Waals surface area contributed by atoms with Crippen molar-refractivity contribution in [3.63, 3.8) is 0 Å². The van der Waals surface area contributed by atoms with Gasteiger partial charge in [-0.05, 0) is 31.9 Å². The normalized spacial score (nSPS) is 16.2. The topological polar surface area (TPSA) is 72.2 Å². The molecule has 1 N–H and O–H groups in total. The molecule has 1 aromatic heterocycles. The lowest BCUT2D eigenvalue weighted by molar-refractivity contribution is -0.136. The predicted octanol–water partition coefficient (Wildman–Crippen LogP) is 2.30. The van der Waals surface area contributed by atoms with Crippen molar-refractivity contribution in [2.75, 3.05) is 0 Å². The first-order valence-electron chi connectivity index (χ1n) is 6.48. The van der Waals surface area contributed by atoms with Gasteiger partial charge in [-0.3, -0.25) is 14.2 Å². The monoisotopic (exact) mass is 290 g/mol. The molecule has 20 heavy (non-hydrogen) atoms. The Balaban J connectivity index is 2.16. The fraction of sp³-hybridized carbons (Fsp3) is 0.357. The summed E-state index contributed by atoms with van der Waals surface area (Å²) in [5, 5.41) is 9.50. The summed E-state index contributed by atoms with van der Waals surface area (Å²) in [6.07, 6.45) is 1.91. The van der Waals surface area contributed by atoms with Crippen molar-refractivity contribution in [1.82, 2.24) is 9.55 Å². The standard InChI is InChI=1S/C14H14N2O3S/c1-8(13(18)19)20-14-15-11-5-3-2-4-10(11)12(17)16(14)9-6-7-9/h2-5,8-9H,6-7H2,1H3,(H,18,19)/t8-/m0/s1. The summed E-state index contributed by atoms with van der Waals surface area (Å²) in [5.41, 5.74) is 0.549. The van der Waals surface area contributed by atoms with Gasteiger partial charge in [0.05, 0.1) is 10.9 Å². The van der Waals surface area contributed by atoms with Crippen molar-refractivity contribution in [2.45, 2.75) is 36.2 Å². The molecule has 0 amide bonds.